The fraction of sp³-hybridized carbons (Fsp3) is 0.125. The largest absolute Gasteiger partial charge is 0.481 e. The van der Waals surface area contributed by atoms with Gasteiger partial charge in [0.25, 0.3) is 0 Å². The van der Waals surface area contributed by atoms with E-state index in [0.717, 1.165) is 22.4 Å². The summed E-state index contributed by atoms with van der Waals surface area (Å²) >= 11 is 6.30. The maximum Gasteiger partial charge on any atom is 0.213 e. The lowest BCUT2D eigenvalue weighted by molar-refractivity contribution is 0.398. The lowest BCUT2D eigenvalue weighted by atomic mass is 10.0. The van der Waals surface area contributed by atoms with Crippen LogP contribution in [0.2, 0.25) is 5.15 Å². The molecule has 34 heavy (non-hydrogen) atoms. The van der Waals surface area contributed by atoms with Crippen molar-refractivity contribution in [3.8, 4) is 28.3 Å². The number of rotatable bonds is 6. The smallest absolute Gasteiger partial charge is 0.213 e. The molecule has 0 spiro atoms. The minimum Gasteiger partial charge on any atom is -0.481 e. The Hall–Kier alpha value is -4.24. The SMILES string of the molecule is COc1cc(-c2c(N)ncnc2N[C@@H](C)c2cc3ncc(Cl)n3nc2-c2ccccc2)ccn1. The number of hydrogen-bond acceptors (Lipinski definition) is 8. The van der Waals surface area contributed by atoms with Crippen molar-refractivity contribution in [1.29, 1.82) is 0 Å². The van der Waals surface area contributed by atoms with E-state index in [9.17, 15) is 0 Å². The molecule has 4 heterocycles. The van der Waals surface area contributed by atoms with Crippen LogP contribution in [0.5, 0.6) is 5.88 Å². The third-order valence-corrected chi connectivity index (χ3v) is 5.71. The molecule has 5 rings (SSSR count). The fourth-order valence-electron chi connectivity index (χ4n) is 3.80. The van der Waals surface area contributed by atoms with Crippen molar-refractivity contribution in [2.45, 2.75) is 13.0 Å². The van der Waals surface area contributed by atoms with E-state index in [2.05, 4.69) is 25.3 Å². The summed E-state index contributed by atoms with van der Waals surface area (Å²) in [4.78, 5) is 17.2. The van der Waals surface area contributed by atoms with Crippen LogP contribution in [0.25, 0.3) is 28.0 Å². The number of nitrogen functional groups attached to an aromatic ring is 1. The summed E-state index contributed by atoms with van der Waals surface area (Å²) in [5.41, 5.74) is 11.0. The van der Waals surface area contributed by atoms with Crippen molar-refractivity contribution in [1.82, 2.24) is 29.5 Å². The normalized spacial score (nSPS) is 12.0. The number of nitrogens with one attached hydrogen (secondary N) is 1. The topological polar surface area (TPSA) is 116 Å². The highest BCUT2D eigenvalue weighted by molar-refractivity contribution is 6.29. The van der Waals surface area contributed by atoms with E-state index < -0.39 is 0 Å². The predicted molar refractivity (Wildman–Crippen MR) is 132 cm³/mol. The van der Waals surface area contributed by atoms with E-state index in [1.165, 1.54) is 6.33 Å². The van der Waals surface area contributed by atoms with Crippen LogP contribution >= 0.6 is 11.6 Å². The monoisotopic (exact) mass is 472 g/mol. The van der Waals surface area contributed by atoms with E-state index in [-0.39, 0.29) is 6.04 Å². The van der Waals surface area contributed by atoms with Crippen LogP contribution in [-0.2, 0) is 0 Å². The third-order valence-electron chi connectivity index (χ3n) is 5.46. The number of pyridine rings is 1. The zero-order valence-corrected chi connectivity index (χ0v) is 19.2. The number of aromatic nitrogens is 6. The molecule has 0 saturated heterocycles. The van der Waals surface area contributed by atoms with Crippen LogP contribution < -0.4 is 15.8 Å². The first-order chi connectivity index (χ1) is 16.5. The number of methoxy groups -OCH3 is 1. The number of hydrogen-bond donors (Lipinski definition) is 2. The molecule has 0 aliphatic carbocycles. The van der Waals surface area contributed by atoms with Gasteiger partial charge in [0.2, 0.25) is 5.88 Å². The van der Waals surface area contributed by atoms with E-state index in [1.807, 2.05) is 49.4 Å². The number of imidazole rings is 1. The number of nitrogens with two attached hydrogens (primary N) is 1. The Balaban J connectivity index is 1.60. The zero-order chi connectivity index (χ0) is 23.7. The Labute approximate surface area is 200 Å². The second-order valence-corrected chi connectivity index (χ2v) is 7.99. The number of nitrogens with zero attached hydrogens (tertiary/aromatic N) is 6. The van der Waals surface area contributed by atoms with Crippen molar-refractivity contribution >= 4 is 28.9 Å². The van der Waals surface area contributed by atoms with Gasteiger partial charge in [0.1, 0.15) is 18.0 Å². The molecule has 0 bridgehead atoms. The molecule has 0 amide bonds. The number of ether oxygens (including phenoxy) is 1. The molecule has 4 aromatic heterocycles. The van der Waals surface area contributed by atoms with Crippen LogP contribution in [0.3, 0.4) is 0 Å². The highest BCUT2D eigenvalue weighted by Crippen LogP contribution is 2.35. The first kappa shape index (κ1) is 21.6. The fourth-order valence-corrected chi connectivity index (χ4v) is 3.98. The molecule has 9 nitrogen and oxygen atoms in total. The standard InChI is InChI=1S/C24H21ClN8O/c1-14(31-24-21(23(26)29-13-30-24)16-8-9-27-20(10-16)34-2)17-11-19-28-12-18(25)33(19)32-22(17)15-6-4-3-5-7-15/h3-14H,1-2H3,(H3,26,29,30,31)/t14-/m0/s1. The predicted octanol–water partition coefficient (Wildman–Crippen LogP) is 4.67. The Morgan fingerprint density at radius 2 is 1.85 bits per heavy atom. The zero-order valence-electron chi connectivity index (χ0n) is 18.5. The molecular formula is C24H21ClN8O. The molecule has 10 heteroatoms. The van der Waals surface area contributed by atoms with Gasteiger partial charge in [-0.25, -0.2) is 24.5 Å². The molecular weight excluding hydrogens is 452 g/mol. The van der Waals surface area contributed by atoms with Gasteiger partial charge in [0, 0.05) is 23.4 Å². The van der Waals surface area contributed by atoms with Crippen molar-refractivity contribution in [2.75, 3.05) is 18.2 Å². The average Bonchev–Trinajstić information content (AvgIpc) is 3.23. The van der Waals surface area contributed by atoms with Gasteiger partial charge < -0.3 is 15.8 Å². The summed E-state index contributed by atoms with van der Waals surface area (Å²) < 4.78 is 6.90. The summed E-state index contributed by atoms with van der Waals surface area (Å²) in [6, 6.07) is 15.3. The number of fused-ring (bicyclic) bond motifs is 1. The molecule has 0 saturated carbocycles. The van der Waals surface area contributed by atoms with Gasteiger partial charge in [0.05, 0.1) is 30.6 Å². The van der Waals surface area contributed by atoms with Crippen LogP contribution in [-0.4, -0.2) is 36.7 Å². The van der Waals surface area contributed by atoms with Crippen LogP contribution in [0, 0.1) is 0 Å². The quantitative estimate of drug-likeness (QED) is 0.366. The number of benzene rings is 1. The van der Waals surface area contributed by atoms with Crippen molar-refractivity contribution in [3.63, 3.8) is 0 Å². The lowest BCUT2D eigenvalue weighted by Crippen LogP contribution is -2.13. The molecule has 0 unspecified atom stereocenters. The van der Waals surface area contributed by atoms with Crippen molar-refractivity contribution in [2.24, 2.45) is 0 Å². The van der Waals surface area contributed by atoms with E-state index in [1.54, 1.807) is 30.1 Å². The Morgan fingerprint density at radius 1 is 1.03 bits per heavy atom. The molecule has 1 aromatic carbocycles. The van der Waals surface area contributed by atoms with Gasteiger partial charge in [-0.1, -0.05) is 41.9 Å². The Morgan fingerprint density at radius 3 is 2.65 bits per heavy atom. The molecule has 0 aliphatic rings. The molecule has 1 atom stereocenters. The maximum atomic E-state index is 6.30. The van der Waals surface area contributed by atoms with E-state index in [4.69, 9.17) is 27.2 Å². The first-order valence-electron chi connectivity index (χ1n) is 10.5. The van der Waals surface area contributed by atoms with Crippen LogP contribution in [0.15, 0.2) is 67.3 Å². The van der Waals surface area contributed by atoms with Crippen LogP contribution in [0.4, 0.5) is 11.6 Å². The summed E-state index contributed by atoms with van der Waals surface area (Å²) in [6.45, 7) is 2.03. The van der Waals surface area contributed by atoms with Gasteiger partial charge >= 0.3 is 0 Å². The molecule has 0 aliphatic heterocycles. The second kappa shape index (κ2) is 8.95. The number of halogens is 1. The van der Waals surface area contributed by atoms with Gasteiger partial charge in [-0.15, -0.1) is 0 Å². The molecule has 3 N–H and O–H groups in total. The van der Waals surface area contributed by atoms with Gasteiger partial charge in [-0.05, 0) is 24.6 Å². The average molecular weight is 473 g/mol. The highest BCUT2D eigenvalue weighted by Gasteiger charge is 2.20. The summed E-state index contributed by atoms with van der Waals surface area (Å²) in [5.74, 6) is 1.39. The minimum atomic E-state index is -0.208. The first-order valence-corrected chi connectivity index (χ1v) is 10.9. The van der Waals surface area contributed by atoms with Crippen molar-refractivity contribution < 1.29 is 4.74 Å². The third kappa shape index (κ3) is 3.97. The molecule has 5 aromatic rings. The van der Waals surface area contributed by atoms with E-state index in [0.29, 0.717) is 33.9 Å². The molecule has 0 fully saturated rings. The summed E-state index contributed by atoms with van der Waals surface area (Å²) in [5, 5.41) is 8.71. The van der Waals surface area contributed by atoms with Crippen LogP contribution in [0.1, 0.15) is 18.5 Å². The molecule has 170 valence electrons. The second-order valence-electron chi connectivity index (χ2n) is 7.60. The summed E-state index contributed by atoms with van der Waals surface area (Å²) in [6.07, 6.45) is 4.67. The maximum absolute atomic E-state index is 6.30. The van der Waals surface area contributed by atoms with Gasteiger partial charge in [-0.3, -0.25) is 0 Å². The van der Waals surface area contributed by atoms with Gasteiger partial charge in [0.15, 0.2) is 10.8 Å². The van der Waals surface area contributed by atoms with Crippen molar-refractivity contribution in [3.05, 3.63) is 78.0 Å². The highest BCUT2D eigenvalue weighted by atomic mass is 35.5. The Bertz CT molecular complexity index is 1470. The summed E-state index contributed by atoms with van der Waals surface area (Å²) in [7, 11) is 1.56. The minimum absolute atomic E-state index is 0.208. The number of anilines is 2. The van der Waals surface area contributed by atoms with Gasteiger partial charge in [-0.2, -0.15) is 5.10 Å². The Kier molecular flexibility index (Phi) is 5.69. The molecule has 0 radical (unpaired) electrons. The van der Waals surface area contributed by atoms with E-state index >= 15 is 0 Å². The lowest BCUT2D eigenvalue weighted by Gasteiger charge is -2.20.